The minimum absolute atomic E-state index is 0.0394. The molecule has 1 aliphatic rings. The predicted octanol–water partition coefficient (Wildman–Crippen LogP) is 2.27. The van der Waals surface area contributed by atoms with Crippen LogP contribution in [0.4, 0.5) is 0 Å². The Hall–Kier alpha value is -0.700. The maximum Gasteiger partial charge on any atom is 0.140 e. The monoisotopic (exact) mass is 212 g/mol. The Labute approximate surface area is 91.2 Å². The van der Waals surface area contributed by atoms with Gasteiger partial charge in [-0.3, -0.25) is 9.59 Å². The Balaban J connectivity index is 1.96. The molecular formula is C12H20O3. The molecular weight excluding hydrogens is 192 g/mol. The lowest BCUT2D eigenvalue weighted by molar-refractivity contribution is -0.126. The molecule has 1 aliphatic carbocycles. The van der Waals surface area contributed by atoms with Crippen molar-refractivity contribution in [2.24, 2.45) is 0 Å². The van der Waals surface area contributed by atoms with Crippen LogP contribution in [0.25, 0.3) is 0 Å². The molecule has 1 rings (SSSR count). The van der Waals surface area contributed by atoms with Crippen molar-refractivity contribution < 1.29 is 14.3 Å². The van der Waals surface area contributed by atoms with E-state index in [1.165, 1.54) is 32.6 Å². The van der Waals surface area contributed by atoms with Gasteiger partial charge in [-0.15, -0.1) is 0 Å². The van der Waals surface area contributed by atoms with Crippen molar-refractivity contribution >= 4 is 11.6 Å². The van der Waals surface area contributed by atoms with Crippen LogP contribution in [0.3, 0.4) is 0 Å². The molecule has 0 aromatic heterocycles. The zero-order valence-corrected chi connectivity index (χ0v) is 9.46. The van der Waals surface area contributed by atoms with Gasteiger partial charge in [-0.2, -0.15) is 0 Å². The SMILES string of the molecule is CC(=O)CC(=O)CCCOC1CCCC1. The van der Waals surface area contributed by atoms with E-state index in [0.717, 1.165) is 6.42 Å². The molecule has 3 heteroatoms. The molecule has 0 aliphatic heterocycles. The van der Waals surface area contributed by atoms with Crippen molar-refractivity contribution in [1.29, 1.82) is 0 Å². The van der Waals surface area contributed by atoms with Gasteiger partial charge in [-0.25, -0.2) is 0 Å². The fraction of sp³-hybridized carbons (Fsp3) is 0.833. The highest BCUT2D eigenvalue weighted by atomic mass is 16.5. The second-order valence-electron chi connectivity index (χ2n) is 4.30. The highest BCUT2D eigenvalue weighted by Gasteiger charge is 2.14. The molecule has 1 saturated carbocycles. The first-order valence-electron chi connectivity index (χ1n) is 5.81. The molecule has 0 unspecified atom stereocenters. The fourth-order valence-electron chi connectivity index (χ4n) is 1.94. The molecule has 0 aromatic carbocycles. The Morgan fingerprint density at radius 3 is 2.53 bits per heavy atom. The summed E-state index contributed by atoms with van der Waals surface area (Å²) in [5, 5.41) is 0. The van der Waals surface area contributed by atoms with Crippen LogP contribution < -0.4 is 0 Å². The summed E-state index contributed by atoms with van der Waals surface area (Å²) in [6.45, 7) is 2.11. The third-order valence-electron chi connectivity index (χ3n) is 2.70. The van der Waals surface area contributed by atoms with E-state index >= 15 is 0 Å². The van der Waals surface area contributed by atoms with Crippen molar-refractivity contribution in [3.8, 4) is 0 Å². The van der Waals surface area contributed by atoms with Crippen LogP contribution in [0.2, 0.25) is 0 Å². The summed E-state index contributed by atoms with van der Waals surface area (Å²) >= 11 is 0. The first kappa shape index (κ1) is 12.4. The van der Waals surface area contributed by atoms with E-state index in [1.807, 2.05) is 0 Å². The summed E-state index contributed by atoms with van der Waals surface area (Å²) in [4.78, 5) is 21.8. The molecule has 1 fully saturated rings. The number of Topliss-reactive ketones (excluding diaryl/α,β-unsaturated/α-hetero) is 2. The Morgan fingerprint density at radius 2 is 1.93 bits per heavy atom. The topological polar surface area (TPSA) is 43.4 Å². The first-order valence-corrected chi connectivity index (χ1v) is 5.81. The normalized spacial score (nSPS) is 16.9. The van der Waals surface area contributed by atoms with Gasteiger partial charge in [-0.1, -0.05) is 12.8 Å². The van der Waals surface area contributed by atoms with Gasteiger partial charge in [0.15, 0.2) is 0 Å². The zero-order valence-electron chi connectivity index (χ0n) is 9.46. The quantitative estimate of drug-likeness (QED) is 0.480. The van der Waals surface area contributed by atoms with Crippen molar-refractivity contribution in [3.63, 3.8) is 0 Å². The van der Waals surface area contributed by atoms with E-state index in [0.29, 0.717) is 19.1 Å². The molecule has 0 saturated heterocycles. The molecule has 0 bridgehead atoms. The second kappa shape index (κ2) is 6.72. The summed E-state index contributed by atoms with van der Waals surface area (Å²) in [5.41, 5.74) is 0. The van der Waals surface area contributed by atoms with Gasteiger partial charge < -0.3 is 4.74 Å². The van der Waals surface area contributed by atoms with E-state index < -0.39 is 0 Å². The lowest BCUT2D eigenvalue weighted by atomic mass is 10.1. The van der Waals surface area contributed by atoms with Gasteiger partial charge in [0, 0.05) is 13.0 Å². The molecule has 0 aromatic rings. The molecule has 0 radical (unpaired) electrons. The van der Waals surface area contributed by atoms with Gasteiger partial charge in [-0.05, 0) is 26.2 Å². The summed E-state index contributed by atoms with van der Waals surface area (Å²) in [6.07, 6.45) is 6.62. The van der Waals surface area contributed by atoms with E-state index in [2.05, 4.69) is 0 Å². The highest BCUT2D eigenvalue weighted by molar-refractivity contribution is 5.97. The standard InChI is InChI=1S/C12H20O3/c1-10(13)9-11(14)5-4-8-15-12-6-2-3-7-12/h12H,2-9H2,1H3. The van der Waals surface area contributed by atoms with Crippen LogP contribution in [0.15, 0.2) is 0 Å². The average molecular weight is 212 g/mol. The summed E-state index contributed by atoms with van der Waals surface area (Å²) in [6, 6.07) is 0. The maximum absolute atomic E-state index is 11.2. The van der Waals surface area contributed by atoms with Gasteiger partial charge in [0.1, 0.15) is 11.6 Å². The second-order valence-corrected chi connectivity index (χ2v) is 4.30. The lowest BCUT2D eigenvalue weighted by Crippen LogP contribution is -2.10. The minimum atomic E-state index is -0.0447. The predicted molar refractivity (Wildman–Crippen MR) is 57.7 cm³/mol. The number of carbonyl (C=O) groups excluding carboxylic acids is 2. The van der Waals surface area contributed by atoms with Crippen molar-refractivity contribution in [1.82, 2.24) is 0 Å². The van der Waals surface area contributed by atoms with E-state index in [1.54, 1.807) is 0 Å². The maximum atomic E-state index is 11.2. The van der Waals surface area contributed by atoms with Crippen LogP contribution in [-0.2, 0) is 14.3 Å². The first-order chi connectivity index (χ1) is 7.18. The number of rotatable bonds is 7. The van der Waals surface area contributed by atoms with Gasteiger partial charge in [0.05, 0.1) is 12.5 Å². The molecule has 0 heterocycles. The molecule has 0 amide bonds. The van der Waals surface area contributed by atoms with E-state index in [-0.39, 0.29) is 18.0 Å². The van der Waals surface area contributed by atoms with Crippen LogP contribution >= 0.6 is 0 Å². The largest absolute Gasteiger partial charge is 0.378 e. The van der Waals surface area contributed by atoms with Gasteiger partial charge >= 0.3 is 0 Å². The smallest absolute Gasteiger partial charge is 0.140 e. The number of carbonyl (C=O) groups is 2. The lowest BCUT2D eigenvalue weighted by Gasteiger charge is -2.09. The highest BCUT2D eigenvalue weighted by Crippen LogP contribution is 2.20. The van der Waals surface area contributed by atoms with Crippen molar-refractivity contribution in [2.75, 3.05) is 6.61 Å². The summed E-state index contributed by atoms with van der Waals surface area (Å²) in [7, 11) is 0. The van der Waals surface area contributed by atoms with Crippen LogP contribution in [0.1, 0.15) is 51.9 Å². The molecule has 0 spiro atoms. The van der Waals surface area contributed by atoms with Crippen LogP contribution in [0, 0.1) is 0 Å². The average Bonchev–Trinajstić information content (AvgIpc) is 2.63. The van der Waals surface area contributed by atoms with Crippen LogP contribution in [-0.4, -0.2) is 24.3 Å². The third-order valence-corrected chi connectivity index (χ3v) is 2.70. The number of ketones is 2. The van der Waals surface area contributed by atoms with Crippen LogP contribution in [0.5, 0.6) is 0 Å². The number of hydrogen-bond donors (Lipinski definition) is 0. The zero-order chi connectivity index (χ0) is 11.1. The van der Waals surface area contributed by atoms with Crippen molar-refractivity contribution in [2.45, 2.75) is 58.0 Å². The molecule has 0 atom stereocenters. The van der Waals surface area contributed by atoms with E-state index in [9.17, 15) is 9.59 Å². The molecule has 86 valence electrons. The van der Waals surface area contributed by atoms with E-state index in [4.69, 9.17) is 4.74 Å². The van der Waals surface area contributed by atoms with Gasteiger partial charge in [0.2, 0.25) is 0 Å². The summed E-state index contributed by atoms with van der Waals surface area (Å²) in [5.74, 6) is -0.00534. The number of hydrogen-bond acceptors (Lipinski definition) is 3. The summed E-state index contributed by atoms with van der Waals surface area (Å²) < 4.78 is 5.62. The Bertz CT molecular complexity index is 217. The Morgan fingerprint density at radius 1 is 1.27 bits per heavy atom. The Kier molecular flexibility index (Phi) is 5.54. The molecule has 3 nitrogen and oxygen atoms in total. The molecule has 0 N–H and O–H groups in total. The van der Waals surface area contributed by atoms with Crippen molar-refractivity contribution in [3.05, 3.63) is 0 Å². The third kappa shape index (κ3) is 5.67. The van der Waals surface area contributed by atoms with Gasteiger partial charge in [0.25, 0.3) is 0 Å². The number of ether oxygens (including phenoxy) is 1. The molecule has 15 heavy (non-hydrogen) atoms. The minimum Gasteiger partial charge on any atom is -0.378 e. The fourth-order valence-corrected chi connectivity index (χ4v) is 1.94.